The van der Waals surface area contributed by atoms with E-state index in [-0.39, 0.29) is 6.04 Å². The Labute approximate surface area is 90.6 Å². The summed E-state index contributed by atoms with van der Waals surface area (Å²) >= 11 is 0. The molecule has 0 aliphatic heterocycles. The van der Waals surface area contributed by atoms with E-state index in [0.29, 0.717) is 6.61 Å². The quantitative estimate of drug-likeness (QED) is 0.735. The molecule has 86 valence electrons. The Morgan fingerprint density at radius 1 is 1.60 bits per heavy atom. The van der Waals surface area contributed by atoms with Crippen molar-refractivity contribution >= 4 is 0 Å². The molecule has 1 heterocycles. The van der Waals surface area contributed by atoms with Gasteiger partial charge in [0.1, 0.15) is 12.2 Å². The third-order valence-electron chi connectivity index (χ3n) is 2.38. The van der Waals surface area contributed by atoms with Gasteiger partial charge in [0.15, 0.2) is 0 Å². The lowest BCUT2D eigenvalue weighted by Gasteiger charge is -2.12. The molecule has 0 aliphatic carbocycles. The van der Waals surface area contributed by atoms with Crippen LogP contribution in [0.3, 0.4) is 0 Å². The summed E-state index contributed by atoms with van der Waals surface area (Å²) < 4.78 is 6.98. The number of nitrogens with zero attached hydrogens (tertiary/aromatic N) is 3. The summed E-state index contributed by atoms with van der Waals surface area (Å²) in [5, 5.41) is 7.94. The molecule has 0 saturated carbocycles. The summed E-state index contributed by atoms with van der Waals surface area (Å²) in [6.07, 6.45) is 4.94. The minimum Gasteiger partial charge on any atom is -0.383 e. The normalized spacial score (nSPS) is 13.0. The number of aromatic nitrogens is 3. The Hall–Kier alpha value is -0.940. The first-order valence-electron chi connectivity index (χ1n) is 5.41. The summed E-state index contributed by atoms with van der Waals surface area (Å²) in [6.45, 7) is 3.58. The van der Waals surface area contributed by atoms with Crippen LogP contribution in [0.5, 0.6) is 0 Å². The van der Waals surface area contributed by atoms with E-state index >= 15 is 0 Å². The van der Waals surface area contributed by atoms with Crippen molar-refractivity contribution in [3.63, 3.8) is 0 Å². The van der Waals surface area contributed by atoms with E-state index in [1.54, 1.807) is 13.4 Å². The third-order valence-corrected chi connectivity index (χ3v) is 2.38. The monoisotopic (exact) mass is 212 g/mol. The van der Waals surface area contributed by atoms with Crippen LogP contribution in [0.15, 0.2) is 6.33 Å². The number of hydrogen-bond donors (Lipinski definition) is 1. The fourth-order valence-corrected chi connectivity index (χ4v) is 1.47. The highest BCUT2D eigenvalue weighted by molar-refractivity contribution is 4.93. The first-order chi connectivity index (χ1) is 7.29. The van der Waals surface area contributed by atoms with Gasteiger partial charge in [0.05, 0.1) is 12.6 Å². The second kappa shape index (κ2) is 6.53. The van der Waals surface area contributed by atoms with Gasteiger partial charge in [-0.05, 0) is 6.42 Å². The molecule has 0 amide bonds. The van der Waals surface area contributed by atoms with Crippen molar-refractivity contribution < 1.29 is 4.74 Å². The molecule has 1 atom stereocenters. The van der Waals surface area contributed by atoms with E-state index < -0.39 is 0 Å². The molecule has 0 fully saturated rings. The van der Waals surface area contributed by atoms with Gasteiger partial charge in [-0.1, -0.05) is 19.8 Å². The standard InChI is InChI=1S/C10H20N4O/c1-3-4-5-9(11)10-13-12-8-14(10)6-7-15-2/h8-9H,3-7,11H2,1-2H3. The number of ether oxygens (including phenoxy) is 1. The van der Waals surface area contributed by atoms with E-state index in [2.05, 4.69) is 17.1 Å². The Kier molecular flexibility index (Phi) is 5.28. The first-order valence-corrected chi connectivity index (χ1v) is 5.41. The van der Waals surface area contributed by atoms with Crippen LogP contribution in [0.1, 0.15) is 38.1 Å². The largest absolute Gasteiger partial charge is 0.383 e. The second-order valence-corrected chi connectivity index (χ2v) is 3.62. The summed E-state index contributed by atoms with van der Waals surface area (Å²) in [5.74, 6) is 0.862. The molecule has 1 aromatic heterocycles. The molecular formula is C10H20N4O. The van der Waals surface area contributed by atoms with E-state index in [4.69, 9.17) is 10.5 Å². The lowest BCUT2D eigenvalue weighted by molar-refractivity contribution is 0.185. The van der Waals surface area contributed by atoms with Gasteiger partial charge in [-0.15, -0.1) is 10.2 Å². The van der Waals surface area contributed by atoms with Gasteiger partial charge >= 0.3 is 0 Å². The molecule has 5 heteroatoms. The lowest BCUT2D eigenvalue weighted by atomic mass is 10.1. The predicted molar refractivity (Wildman–Crippen MR) is 58.4 cm³/mol. The van der Waals surface area contributed by atoms with Crippen molar-refractivity contribution in [1.82, 2.24) is 14.8 Å². The maximum atomic E-state index is 6.03. The van der Waals surface area contributed by atoms with Crippen molar-refractivity contribution in [3.05, 3.63) is 12.2 Å². The molecule has 1 rings (SSSR count). The summed E-state index contributed by atoms with van der Waals surface area (Å²) in [5.41, 5.74) is 6.03. The van der Waals surface area contributed by atoms with Crippen LogP contribution in [0.25, 0.3) is 0 Å². The first kappa shape index (κ1) is 12.1. The molecule has 0 spiro atoms. The zero-order valence-electron chi connectivity index (χ0n) is 9.52. The molecule has 15 heavy (non-hydrogen) atoms. The van der Waals surface area contributed by atoms with Gasteiger partial charge < -0.3 is 15.0 Å². The third kappa shape index (κ3) is 3.60. The van der Waals surface area contributed by atoms with E-state index in [1.807, 2.05) is 4.57 Å². The van der Waals surface area contributed by atoms with Crippen LogP contribution < -0.4 is 5.73 Å². The average Bonchev–Trinajstić information content (AvgIpc) is 2.71. The molecule has 0 aliphatic rings. The smallest absolute Gasteiger partial charge is 0.149 e. The maximum absolute atomic E-state index is 6.03. The minimum absolute atomic E-state index is 0.00990. The minimum atomic E-state index is -0.00990. The number of nitrogens with two attached hydrogens (primary N) is 1. The van der Waals surface area contributed by atoms with E-state index in [9.17, 15) is 0 Å². The Morgan fingerprint density at radius 2 is 2.40 bits per heavy atom. The topological polar surface area (TPSA) is 66.0 Å². The average molecular weight is 212 g/mol. The SMILES string of the molecule is CCCCC(N)c1nncn1CCOC. The molecule has 0 aromatic carbocycles. The van der Waals surface area contributed by atoms with Crippen LogP contribution in [0.4, 0.5) is 0 Å². The molecular weight excluding hydrogens is 192 g/mol. The van der Waals surface area contributed by atoms with Crippen molar-refractivity contribution in [2.45, 2.75) is 38.8 Å². The lowest BCUT2D eigenvalue weighted by Crippen LogP contribution is -2.18. The predicted octanol–water partition coefficient (Wildman–Crippen LogP) is 1.11. The van der Waals surface area contributed by atoms with Gasteiger partial charge in [0.2, 0.25) is 0 Å². The molecule has 0 saturated heterocycles. The van der Waals surface area contributed by atoms with Gasteiger partial charge in [0.25, 0.3) is 0 Å². The maximum Gasteiger partial charge on any atom is 0.149 e. The molecule has 5 nitrogen and oxygen atoms in total. The highest BCUT2D eigenvalue weighted by atomic mass is 16.5. The van der Waals surface area contributed by atoms with Crippen LogP contribution >= 0.6 is 0 Å². The zero-order chi connectivity index (χ0) is 11.1. The molecule has 2 N–H and O–H groups in total. The second-order valence-electron chi connectivity index (χ2n) is 3.62. The van der Waals surface area contributed by atoms with Crippen molar-refractivity contribution in [3.8, 4) is 0 Å². The Morgan fingerprint density at radius 3 is 3.07 bits per heavy atom. The Balaban J connectivity index is 2.54. The number of unbranched alkanes of at least 4 members (excludes halogenated alkanes) is 1. The number of rotatable bonds is 7. The zero-order valence-corrected chi connectivity index (χ0v) is 9.52. The summed E-state index contributed by atoms with van der Waals surface area (Å²) in [6, 6.07) is -0.00990. The molecule has 1 unspecified atom stereocenters. The van der Waals surface area contributed by atoms with Gasteiger partial charge in [-0.2, -0.15) is 0 Å². The van der Waals surface area contributed by atoms with E-state index in [1.165, 1.54) is 0 Å². The van der Waals surface area contributed by atoms with Crippen LogP contribution in [0, 0.1) is 0 Å². The summed E-state index contributed by atoms with van der Waals surface area (Å²) in [7, 11) is 1.68. The molecule has 1 aromatic rings. The highest BCUT2D eigenvalue weighted by Gasteiger charge is 2.12. The molecule has 0 bridgehead atoms. The number of hydrogen-bond acceptors (Lipinski definition) is 4. The van der Waals surface area contributed by atoms with E-state index in [0.717, 1.165) is 31.6 Å². The van der Waals surface area contributed by atoms with Crippen molar-refractivity contribution in [1.29, 1.82) is 0 Å². The van der Waals surface area contributed by atoms with Crippen LogP contribution in [-0.4, -0.2) is 28.5 Å². The fourth-order valence-electron chi connectivity index (χ4n) is 1.47. The van der Waals surface area contributed by atoms with Gasteiger partial charge in [-0.3, -0.25) is 0 Å². The Bertz CT molecular complexity index is 274. The van der Waals surface area contributed by atoms with Gasteiger partial charge in [-0.25, -0.2) is 0 Å². The fraction of sp³-hybridized carbons (Fsp3) is 0.800. The summed E-state index contributed by atoms with van der Waals surface area (Å²) in [4.78, 5) is 0. The van der Waals surface area contributed by atoms with Crippen LogP contribution in [-0.2, 0) is 11.3 Å². The highest BCUT2D eigenvalue weighted by Crippen LogP contribution is 2.13. The van der Waals surface area contributed by atoms with Crippen molar-refractivity contribution in [2.24, 2.45) is 5.73 Å². The van der Waals surface area contributed by atoms with Gasteiger partial charge in [0, 0.05) is 13.7 Å². The molecule has 0 radical (unpaired) electrons. The number of methoxy groups -OCH3 is 1. The van der Waals surface area contributed by atoms with Crippen molar-refractivity contribution in [2.75, 3.05) is 13.7 Å². The van der Waals surface area contributed by atoms with Crippen LogP contribution in [0.2, 0.25) is 0 Å².